The van der Waals surface area contributed by atoms with Crippen molar-refractivity contribution in [1.29, 1.82) is 0 Å². The maximum Gasteiger partial charge on any atom is 0.340 e. The highest BCUT2D eigenvalue weighted by atomic mass is 16.4. The number of benzene rings is 1. The molecule has 2 aromatic rings. The van der Waals surface area contributed by atoms with E-state index in [0.29, 0.717) is 17.4 Å². The van der Waals surface area contributed by atoms with Crippen LogP contribution in [0.2, 0.25) is 0 Å². The van der Waals surface area contributed by atoms with Crippen LogP contribution >= 0.6 is 0 Å². The van der Waals surface area contributed by atoms with E-state index >= 15 is 0 Å². The number of hydrogen-bond donors (Lipinski definition) is 1. The number of carbonyl (C=O) groups is 1. The van der Waals surface area contributed by atoms with E-state index in [1.807, 2.05) is 30.3 Å². The minimum absolute atomic E-state index is 0.341. The molecule has 1 N–H and O–H groups in total. The summed E-state index contributed by atoms with van der Waals surface area (Å²) in [5, 5.41) is 10.2. The van der Waals surface area contributed by atoms with Gasteiger partial charge in [-0.3, -0.25) is 0 Å². The van der Waals surface area contributed by atoms with Crippen LogP contribution in [0.3, 0.4) is 0 Å². The zero-order valence-corrected chi connectivity index (χ0v) is 15.4. The molecule has 0 amide bonds. The van der Waals surface area contributed by atoms with Crippen LogP contribution in [-0.2, 0) is 12.8 Å². The van der Waals surface area contributed by atoms with E-state index in [1.54, 1.807) is 0 Å². The molecule has 0 radical (unpaired) electrons. The molecule has 4 rings (SSSR count). The van der Waals surface area contributed by atoms with Crippen molar-refractivity contribution in [3.63, 3.8) is 0 Å². The van der Waals surface area contributed by atoms with E-state index in [4.69, 9.17) is 4.98 Å². The second kappa shape index (κ2) is 7.10. The molecule has 0 bridgehead atoms. The number of fused-ring (bicyclic) bond motifs is 1. The lowest BCUT2D eigenvalue weighted by Gasteiger charge is -2.27. The largest absolute Gasteiger partial charge is 0.478 e. The first-order valence-corrected chi connectivity index (χ1v) is 9.78. The Hall–Kier alpha value is -2.36. The summed E-state index contributed by atoms with van der Waals surface area (Å²) in [6.07, 6.45) is 7.48. The third kappa shape index (κ3) is 2.98. The van der Waals surface area contributed by atoms with Crippen LogP contribution < -0.4 is 4.90 Å². The van der Waals surface area contributed by atoms with Crippen molar-refractivity contribution >= 4 is 11.8 Å². The Morgan fingerprint density at radius 3 is 2.58 bits per heavy atom. The molecule has 0 spiro atoms. The molecule has 1 aliphatic heterocycles. The van der Waals surface area contributed by atoms with Gasteiger partial charge >= 0.3 is 5.97 Å². The molecule has 1 aromatic carbocycles. The lowest BCUT2D eigenvalue weighted by atomic mass is 9.91. The zero-order chi connectivity index (χ0) is 18.1. The van der Waals surface area contributed by atoms with Gasteiger partial charge in [0.25, 0.3) is 0 Å². The zero-order valence-electron chi connectivity index (χ0n) is 15.4. The van der Waals surface area contributed by atoms with Crippen molar-refractivity contribution < 1.29 is 9.90 Å². The molecule has 1 saturated heterocycles. The highest BCUT2D eigenvalue weighted by Crippen LogP contribution is 2.39. The number of rotatable bonds is 3. The first-order chi connectivity index (χ1) is 12.7. The van der Waals surface area contributed by atoms with E-state index < -0.39 is 5.97 Å². The molecule has 2 heterocycles. The lowest BCUT2D eigenvalue weighted by Crippen LogP contribution is -2.30. The topological polar surface area (TPSA) is 53.4 Å². The van der Waals surface area contributed by atoms with Gasteiger partial charge in [0.1, 0.15) is 11.4 Å². The fraction of sp³-hybridized carbons (Fsp3) is 0.455. The minimum Gasteiger partial charge on any atom is -0.478 e. The van der Waals surface area contributed by atoms with E-state index in [0.717, 1.165) is 67.5 Å². The summed E-state index contributed by atoms with van der Waals surface area (Å²) in [6, 6.07) is 10.4. The summed E-state index contributed by atoms with van der Waals surface area (Å²) in [4.78, 5) is 19.6. The average Bonchev–Trinajstić information content (AvgIpc) is 2.93. The fourth-order valence-electron chi connectivity index (χ4n) is 4.49. The van der Waals surface area contributed by atoms with Gasteiger partial charge in [0.05, 0.1) is 0 Å². The Bertz CT molecular complexity index is 817. The van der Waals surface area contributed by atoms with E-state index in [2.05, 4.69) is 11.8 Å². The van der Waals surface area contributed by atoms with Crippen LogP contribution in [0, 0.1) is 0 Å². The smallest absolute Gasteiger partial charge is 0.340 e. The number of hydrogen-bond acceptors (Lipinski definition) is 3. The highest BCUT2D eigenvalue weighted by molar-refractivity contribution is 6.02. The first kappa shape index (κ1) is 17.1. The van der Waals surface area contributed by atoms with Gasteiger partial charge in [-0.25, -0.2) is 9.78 Å². The molecule has 1 atom stereocenters. The molecule has 136 valence electrons. The Kier molecular flexibility index (Phi) is 4.66. The molecule has 4 nitrogen and oxygen atoms in total. The number of carboxylic acids is 1. The average molecular weight is 350 g/mol. The van der Waals surface area contributed by atoms with E-state index in [9.17, 15) is 9.90 Å². The third-order valence-electron chi connectivity index (χ3n) is 5.81. The predicted molar refractivity (Wildman–Crippen MR) is 104 cm³/mol. The second-order valence-electron chi connectivity index (χ2n) is 7.53. The van der Waals surface area contributed by atoms with Crippen molar-refractivity contribution in [2.45, 2.75) is 57.9 Å². The van der Waals surface area contributed by atoms with Crippen LogP contribution in [0.1, 0.15) is 60.6 Å². The van der Waals surface area contributed by atoms with Crippen LogP contribution in [0.5, 0.6) is 0 Å². The van der Waals surface area contributed by atoms with Gasteiger partial charge in [-0.2, -0.15) is 0 Å². The maximum atomic E-state index is 12.4. The summed E-state index contributed by atoms with van der Waals surface area (Å²) in [5.74, 6) is -0.181. The maximum absolute atomic E-state index is 12.4. The molecular formula is C22H26N2O2. The SMILES string of the molecule is CC1CCCN1c1nc2c(c(-c3ccccc3)c1C(=O)O)CCCCC2. The third-order valence-corrected chi connectivity index (χ3v) is 5.81. The van der Waals surface area contributed by atoms with Crippen LogP contribution in [0.4, 0.5) is 5.82 Å². The molecular weight excluding hydrogens is 324 g/mol. The summed E-state index contributed by atoms with van der Waals surface area (Å²) in [7, 11) is 0. The number of aromatic carboxylic acids is 1. The molecule has 4 heteroatoms. The van der Waals surface area contributed by atoms with Gasteiger partial charge in [0.2, 0.25) is 0 Å². The van der Waals surface area contributed by atoms with Crippen LogP contribution in [0.15, 0.2) is 30.3 Å². The van der Waals surface area contributed by atoms with Crippen molar-refractivity contribution in [2.24, 2.45) is 0 Å². The quantitative estimate of drug-likeness (QED) is 0.815. The summed E-state index contributed by atoms with van der Waals surface area (Å²) >= 11 is 0. The van der Waals surface area contributed by atoms with E-state index in [-0.39, 0.29) is 0 Å². The molecule has 1 fully saturated rings. The molecule has 0 saturated carbocycles. The Balaban J connectivity index is 2.01. The van der Waals surface area contributed by atoms with Crippen molar-refractivity contribution in [2.75, 3.05) is 11.4 Å². The van der Waals surface area contributed by atoms with Crippen molar-refractivity contribution in [3.05, 3.63) is 47.2 Å². The number of nitrogens with zero attached hydrogens (tertiary/aromatic N) is 2. The molecule has 1 aromatic heterocycles. The van der Waals surface area contributed by atoms with Gasteiger partial charge < -0.3 is 10.0 Å². The molecule has 26 heavy (non-hydrogen) atoms. The van der Waals surface area contributed by atoms with Crippen molar-refractivity contribution in [1.82, 2.24) is 4.98 Å². The standard InChI is InChI=1S/C22H26N2O2/c1-15-9-8-14-24(15)21-20(22(25)26)19(16-10-4-2-5-11-16)17-12-6-3-7-13-18(17)23-21/h2,4-5,10-11,15H,3,6-9,12-14H2,1H3,(H,25,26). The van der Waals surface area contributed by atoms with Crippen molar-refractivity contribution in [3.8, 4) is 11.1 Å². The second-order valence-corrected chi connectivity index (χ2v) is 7.53. The number of aromatic nitrogens is 1. The van der Waals surface area contributed by atoms with Gasteiger partial charge in [0.15, 0.2) is 0 Å². The minimum atomic E-state index is -0.863. The number of carboxylic acid groups (broad SMARTS) is 1. The predicted octanol–water partition coefficient (Wildman–Crippen LogP) is 4.70. The number of pyridine rings is 1. The Morgan fingerprint density at radius 1 is 1.12 bits per heavy atom. The van der Waals surface area contributed by atoms with E-state index in [1.165, 1.54) is 6.42 Å². The summed E-state index contributed by atoms with van der Waals surface area (Å²) in [6.45, 7) is 3.07. The monoisotopic (exact) mass is 350 g/mol. The first-order valence-electron chi connectivity index (χ1n) is 9.78. The molecule has 2 aliphatic rings. The number of anilines is 1. The number of aryl methyl sites for hydroxylation is 1. The molecule has 1 aliphatic carbocycles. The fourth-order valence-corrected chi connectivity index (χ4v) is 4.49. The van der Waals surface area contributed by atoms with Gasteiger partial charge in [-0.1, -0.05) is 36.8 Å². The Morgan fingerprint density at radius 2 is 1.88 bits per heavy atom. The molecule has 1 unspecified atom stereocenters. The summed E-state index contributed by atoms with van der Waals surface area (Å²) in [5.41, 5.74) is 4.56. The highest BCUT2D eigenvalue weighted by Gasteiger charge is 2.31. The van der Waals surface area contributed by atoms with Gasteiger partial charge in [-0.05, 0) is 56.6 Å². The summed E-state index contributed by atoms with van der Waals surface area (Å²) < 4.78 is 0. The van der Waals surface area contributed by atoms with Gasteiger partial charge in [0, 0.05) is 23.8 Å². The normalized spacial score (nSPS) is 19.9. The lowest BCUT2D eigenvalue weighted by molar-refractivity contribution is 0.0698. The van der Waals surface area contributed by atoms with Crippen LogP contribution in [-0.4, -0.2) is 28.6 Å². The van der Waals surface area contributed by atoms with Gasteiger partial charge in [-0.15, -0.1) is 0 Å². The van der Waals surface area contributed by atoms with Crippen LogP contribution in [0.25, 0.3) is 11.1 Å². The Labute approximate surface area is 154 Å².